The molecule has 1 heterocycles. The van der Waals surface area contributed by atoms with Gasteiger partial charge in [-0.1, -0.05) is 23.8 Å². The molecule has 5 nitrogen and oxygen atoms in total. The van der Waals surface area contributed by atoms with E-state index in [0.29, 0.717) is 19.4 Å². The van der Waals surface area contributed by atoms with E-state index in [9.17, 15) is 14.7 Å². The van der Waals surface area contributed by atoms with E-state index in [-0.39, 0.29) is 12.5 Å². The molecular formula is C18H23NO4. The maximum Gasteiger partial charge on any atom is 0.311 e. The van der Waals surface area contributed by atoms with Crippen molar-refractivity contribution in [1.29, 1.82) is 0 Å². The lowest BCUT2D eigenvalue weighted by Crippen LogP contribution is -2.34. The fraction of sp³-hybridized carbons (Fsp3) is 0.444. The average Bonchev–Trinajstić information content (AvgIpc) is 2.92. The molecule has 0 spiro atoms. The van der Waals surface area contributed by atoms with Gasteiger partial charge in [-0.25, -0.2) is 0 Å². The molecule has 5 heteroatoms. The summed E-state index contributed by atoms with van der Waals surface area (Å²) >= 11 is 0. The quantitative estimate of drug-likeness (QED) is 0.847. The van der Waals surface area contributed by atoms with Crippen LogP contribution in [0.2, 0.25) is 0 Å². The van der Waals surface area contributed by atoms with Gasteiger partial charge in [0.25, 0.3) is 0 Å². The molecule has 0 saturated carbocycles. The summed E-state index contributed by atoms with van der Waals surface area (Å²) < 4.78 is 5.32. The minimum atomic E-state index is -0.845. The number of likely N-dealkylation sites (tertiary alicyclic amines) is 1. The molecule has 0 radical (unpaired) electrons. The van der Waals surface area contributed by atoms with E-state index >= 15 is 0 Å². The van der Waals surface area contributed by atoms with Crippen LogP contribution < -0.4 is 4.74 Å². The van der Waals surface area contributed by atoms with Crippen LogP contribution in [-0.2, 0) is 16.0 Å². The van der Waals surface area contributed by atoms with Crippen molar-refractivity contribution in [3.63, 3.8) is 0 Å². The Kier molecular flexibility index (Phi) is 5.08. The topological polar surface area (TPSA) is 66.8 Å². The standard InChI is InChI=1S/C18H23NO4/c1-13(10-14-6-4-5-7-15(14)23-3)11-16(20)19-9-8-18(2,12-19)17(21)22/h4-7,11H,8-10,12H2,1-3H3,(H,21,22). The van der Waals surface area contributed by atoms with Crippen molar-refractivity contribution in [3.8, 4) is 5.75 Å². The molecule has 1 saturated heterocycles. The zero-order valence-electron chi connectivity index (χ0n) is 13.8. The molecule has 0 bridgehead atoms. The van der Waals surface area contributed by atoms with Crippen LogP contribution in [0, 0.1) is 5.41 Å². The molecule has 1 aromatic rings. The smallest absolute Gasteiger partial charge is 0.311 e. The number of nitrogens with zero attached hydrogens (tertiary/aromatic N) is 1. The summed E-state index contributed by atoms with van der Waals surface area (Å²) in [6, 6.07) is 7.70. The van der Waals surface area contributed by atoms with Gasteiger partial charge in [0.15, 0.2) is 0 Å². The number of methoxy groups -OCH3 is 1. The predicted molar refractivity (Wildman–Crippen MR) is 87.4 cm³/mol. The van der Waals surface area contributed by atoms with Crippen molar-refractivity contribution < 1.29 is 19.4 Å². The molecule has 2 rings (SSSR count). The fourth-order valence-electron chi connectivity index (χ4n) is 2.83. The van der Waals surface area contributed by atoms with Gasteiger partial charge in [0.2, 0.25) is 5.91 Å². The highest BCUT2D eigenvalue weighted by Gasteiger charge is 2.41. The Morgan fingerprint density at radius 3 is 2.70 bits per heavy atom. The molecule has 1 aromatic carbocycles. The van der Waals surface area contributed by atoms with E-state index in [1.807, 2.05) is 31.2 Å². The first-order valence-corrected chi connectivity index (χ1v) is 7.67. The van der Waals surface area contributed by atoms with Gasteiger partial charge in [0.1, 0.15) is 5.75 Å². The van der Waals surface area contributed by atoms with E-state index in [0.717, 1.165) is 16.9 Å². The third-order valence-electron chi connectivity index (χ3n) is 4.33. The number of para-hydroxylation sites is 1. The monoisotopic (exact) mass is 317 g/mol. The third kappa shape index (κ3) is 3.92. The molecule has 1 aliphatic rings. The van der Waals surface area contributed by atoms with Gasteiger partial charge in [0, 0.05) is 19.2 Å². The minimum Gasteiger partial charge on any atom is -0.496 e. The highest BCUT2D eigenvalue weighted by Crippen LogP contribution is 2.30. The lowest BCUT2D eigenvalue weighted by molar-refractivity contribution is -0.147. The Balaban J connectivity index is 2.04. The number of allylic oxidation sites excluding steroid dienone is 1. The molecule has 0 aromatic heterocycles. The Hall–Kier alpha value is -2.30. The maximum absolute atomic E-state index is 12.3. The lowest BCUT2D eigenvalue weighted by Gasteiger charge is -2.19. The number of carboxylic acids is 1. The van der Waals surface area contributed by atoms with Crippen LogP contribution >= 0.6 is 0 Å². The largest absolute Gasteiger partial charge is 0.496 e. The van der Waals surface area contributed by atoms with E-state index in [2.05, 4.69) is 0 Å². The number of rotatable bonds is 5. The van der Waals surface area contributed by atoms with Gasteiger partial charge >= 0.3 is 5.97 Å². The van der Waals surface area contributed by atoms with E-state index < -0.39 is 11.4 Å². The van der Waals surface area contributed by atoms with Crippen molar-refractivity contribution in [3.05, 3.63) is 41.5 Å². The number of carbonyl (C=O) groups is 2. The molecule has 1 N–H and O–H groups in total. The Morgan fingerprint density at radius 1 is 1.39 bits per heavy atom. The van der Waals surface area contributed by atoms with Crippen molar-refractivity contribution >= 4 is 11.9 Å². The molecule has 124 valence electrons. The molecule has 23 heavy (non-hydrogen) atoms. The fourth-order valence-corrected chi connectivity index (χ4v) is 2.83. The number of carboxylic acid groups (broad SMARTS) is 1. The Bertz CT molecular complexity index is 638. The van der Waals surface area contributed by atoms with Crippen molar-refractivity contribution in [2.24, 2.45) is 5.41 Å². The number of carbonyl (C=O) groups excluding carboxylic acids is 1. The molecule has 1 atom stereocenters. The number of hydrogen-bond donors (Lipinski definition) is 1. The second-order valence-corrected chi connectivity index (χ2v) is 6.35. The highest BCUT2D eigenvalue weighted by atomic mass is 16.5. The summed E-state index contributed by atoms with van der Waals surface area (Å²) in [5.74, 6) is -0.169. The summed E-state index contributed by atoms with van der Waals surface area (Å²) in [7, 11) is 1.63. The predicted octanol–water partition coefficient (Wildman–Crippen LogP) is 2.51. The molecule has 1 aliphatic heterocycles. The summed E-state index contributed by atoms with van der Waals surface area (Å²) in [5, 5.41) is 9.24. The first-order valence-electron chi connectivity index (χ1n) is 7.67. The summed E-state index contributed by atoms with van der Waals surface area (Å²) in [4.78, 5) is 25.2. The van der Waals surface area contributed by atoms with Gasteiger partial charge in [-0.15, -0.1) is 0 Å². The summed E-state index contributed by atoms with van der Waals surface area (Å²) in [6.45, 7) is 4.34. The SMILES string of the molecule is COc1ccccc1CC(C)=CC(=O)N1CCC(C)(C(=O)O)C1. The number of aliphatic carboxylic acids is 1. The van der Waals surface area contributed by atoms with E-state index in [1.54, 1.807) is 25.0 Å². The van der Waals surface area contributed by atoms with Crippen LogP contribution in [0.3, 0.4) is 0 Å². The second kappa shape index (κ2) is 6.86. The lowest BCUT2D eigenvalue weighted by atomic mass is 9.90. The second-order valence-electron chi connectivity index (χ2n) is 6.35. The number of hydrogen-bond acceptors (Lipinski definition) is 3. The van der Waals surface area contributed by atoms with E-state index in [4.69, 9.17) is 4.74 Å². The van der Waals surface area contributed by atoms with Gasteiger partial charge in [-0.3, -0.25) is 9.59 Å². The average molecular weight is 317 g/mol. The van der Waals surface area contributed by atoms with Crippen LogP contribution in [0.4, 0.5) is 0 Å². The van der Waals surface area contributed by atoms with Gasteiger partial charge in [-0.2, -0.15) is 0 Å². The highest BCUT2D eigenvalue weighted by molar-refractivity contribution is 5.89. The Morgan fingerprint density at radius 2 is 2.09 bits per heavy atom. The Labute approximate surface area is 136 Å². The van der Waals surface area contributed by atoms with E-state index in [1.165, 1.54) is 0 Å². The molecular weight excluding hydrogens is 294 g/mol. The van der Waals surface area contributed by atoms with Gasteiger partial charge in [0.05, 0.1) is 12.5 Å². The number of ether oxygens (including phenoxy) is 1. The zero-order valence-corrected chi connectivity index (χ0v) is 13.8. The third-order valence-corrected chi connectivity index (χ3v) is 4.33. The zero-order chi connectivity index (χ0) is 17.0. The van der Waals surface area contributed by atoms with Crippen LogP contribution in [0.5, 0.6) is 5.75 Å². The normalized spacial score (nSPS) is 21.3. The van der Waals surface area contributed by atoms with Crippen molar-refractivity contribution in [1.82, 2.24) is 4.90 Å². The first-order chi connectivity index (χ1) is 10.9. The molecule has 1 fully saturated rings. The van der Waals surface area contributed by atoms with Crippen molar-refractivity contribution in [2.75, 3.05) is 20.2 Å². The number of benzene rings is 1. The van der Waals surface area contributed by atoms with Crippen LogP contribution in [0.15, 0.2) is 35.9 Å². The minimum absolute atomic E-state index is 0.123. The van der Waals surface area contributed by atoms with Crippen LogP contribution in [0.1, 0.15) is 25.8 Å². The molecule has 1 amide bonds. The maximum atomic E-state index is 12.3. The van der Waals surface area contributed by atoms with Crippen LogP contribution in [0.25, 0.3) is 0 Å². The summed E-state index contributed by atoms with van der Waals surface area (Å²) in [5.41, 5.74) is 1.11. The van der Waals surface area contributed by atoms with Crippen molar-refractivity contribution in [2.45, 2.75) is 26.7 Å². The molecule has 1 unspecified atom stereocenters. The first kappa shape index (κ1) is 17.1. The number of amides is 1. The summed E-state index contributed by atoms with van der Waals surface area (Å²) in [6.07, 6.45) is 2.72. The van der Waals surface area contributed by atoms with Gasteiger partial charge in [-0.05, 0) is 38.3 Å². The molecule has 0 aliphatic carbocycles. The van der Waals surface area contributed by atoms with Gasteiger partial charge < -0.3 is 14.7 Å². The van der Waals surface area contributed by atoms with Crippen LogP contribution in [-0.4, -0.2) is 42.1 Å².